The van der Waals surface area contributed by atoms with Gasteiger partial charge in [0.05, 0.1) is 24.1 Å². The van der Waals surface area contributed by atoms with Crippen LogP contribution < -0.4 is 4.74 Å². The highest BCUT2D eigenvalue weighted by Crippen LogP contribution is 2.41. The average molecular weight is 572 g/mol. The van der Waals surface area contributed by atoms with Crippen molar-refractivity contribution in [3.63, 3.8) is 0 Å². The maximum absolute atomic E-state index is 14.2. The summed E-state index contributed by atoms with van der Waals surface area (Å²) >= 11 is 0. The number of carboxylic acid groups (broad SMARTS) is 1. The number of carbonyl (C=O) groups excluding carboxylic acids is 2. The Labute approximate surface area is 245 Å². The molecular formula is C32H37N5O5. The van der Waals surface area contributed by atoms with Gasteiger partial charge < -0.3 is 19.6 Å². The Kier molecular flexibility index (Phi) is 7.70. The molecule has 10 heteroatoms. The van der Waals surface area contributed by atoms with Crippen molar-refractivity contribution < 1.29 is 24.2 Å². The lowest BCUT2D eigenvalue weighted by atomic mass is 9.77. The maximum atomic E-state index is 14.2. The van der Waals surface area contributed by atoms with Crippen molar-refractivity contribution in [2.45, 2.75) is 71.2 Å². The Bertz CT molecular complexity index is 1500. The van der Waals surface area contributed by atoms with Crippen LogP contribution in [0.3, 0.4) is 0 Å². The number of carboxylic acids is 1. The van der Waals surface area contributed by atoms with Crippen LogP contribution in [0.4, 0.5) is 0 Å². The lowest BCUT2D eigenvalue weighted by Crippen LogP contribution is -2.49. The van der Waals surface area contributed by atoms with Crippen LogP contribution in [-0.2, 0) is 29.2 Å². The standard InChI is InChI=1S/C32H37N5O5/c1-20(2)37-17-23(33-34-37)19-42-28-13-7-9-21-14-15-36(31(39)25-11-5-6-12-26(25)32(40)41)27(29(21)28)18-35-16-22-8-3-4-10-24(22)30(35)38/h3-4,7-10,13,17,20,25-27H,5-6,11-12,14-16,18-19H2,1-2H3,(H,40,41)/t25-,26+,27-/m1/s1. The van der Waals surface area contributed by atoms with Gasteiger partial charge in [-0.2, -0.15) is 0 Å². The van der Waals surface area contributed by atoms with E-state index in [9.17, 15) is 19.5 Å². The zero-order valence-electron chi connectivity index (χ0n) is 24.1. The fraction of sp³-hybridized carbons (Fsp3) is 0.469. The van der Waals surface area contributed by atoms with E-state index in [4.69, 9.17) is 4.74 Å². The Hall–Kier alpha value is -4.21. The topological polar surface area (TPSA) is 118 Å². The molecule has 2 aliphatic heterocycles. The van der Waals surface area contributed by atoms with E-state index in [1.807, 2.05) is 67.4 Å². The third kappa shape index (κ3) is 5.26. The lowest BCUT2D eigenvalue weighted by molar-refractivity contribution is -0.153. The predicted molar refractivity (Wildman–Crippen MR) is 154 cm³/mol. The Balaban J connectivity index is 1.34. The molecule has 1 fully saturated rings. The maximum Gasteiger partial charge on any atom is 0.307 e. The van der Waals surface area contributed by atoms with E-state index in [1.54, 1.807) is 9.58 Å². The van der Waals surface area contributed by atoms with Crippen molar-refractivity contribution in [3.05, 3.63) is 76.6 Å². The van der Waals surface area contributed by atoms with Gasteiger partial charge in [-0.25, -0.2) is 4.68 Å². The zero-order valence-corrected chi connectivity index (χ0v) is 24.1. The number of carbonyl (C=O) groups is 3. The largest absolute Gasteiger partial charge is 0.487 e. The van der Waals surface area contributed by atoms with E-state index < -0.39 is 23.8 Å². The van der Waals surface area contributed by atoms with Crippen LogP contribution in [0.15, 0.2) is 48.7 Å². The van der Waals surface area contributed by atoms with Crippen LogP contribution in [0.2, 0.25) is 0 Å². The second-order valence-corrected chi connectivity index (χ2v) is 11.9. The molecule has 2 aromatic carbocycles. The first-order chi connectivity index (χ1) is 20.3. The minimum absolute atomic E-state index is 0.0603. The SMILES string of the molecule is CC(C)n1cc(COc2cccc3c2[C@@H](CN2Cc4ccccc4C2=O)N(C(=O)[C@@H]2CCCC[C@@H]2C(=O)O)CC3)nn1. The molecule has 220 valence electrons. The number of ether oxygens (including phenoxy) is 1. The molecule has 2 amide bonds. The summed E-state index contributed by atoms with van der Waals surface area (Å²) in [5.41, 5.74) is 4.28. The first kappa shape index (κ1) is 27.9. The molecule has 6 rings (SSSR count). The minimum Gasteiger partial charge on any atom is -0.487 e. The smallest absolute Gasteiger partial charge is 0.307 e. The summed E-state index contributed by atoms with van der Waals surface area (Å²) in [5.74, 6) is -1.75. The molecule has 1 aliphatic carbocycles. The second kappa shape index (κ2) is 11.6. The van der Waals surface area contributed by atoms with E-state index in [0.29, 0.717) is 55.9 Å². The predicted octanol–water partition coefficient (Wildman–Crippen LogP) is 4.41. The van der Waals surface area contributed by atoms with E-state index in [2.05, 4.69) is 10.3 Å². The number of fused-ring (bicyclic) bond motifs is 2. The summed E-state index contributed by atoms with van der Waals surface area (Å²) in [6.07, 6.45) is 5.20. The van der Waals surface area contributed by atoms with Crippen molar-refractivity contribution in [2.24, 2.45) is 11.8 Å². The van der Waals surface area contributed by atoms with Gasteiger partial charge in [-0.15, -0.1) is 5.10 Å². The van der Waals surface area contributed by atoms with Crippen LogP contribution in [0.5, 0.6) is 5.75 Å². The highest BCUT2D eigenvalue weighted by Gasteiger charge is 2.43. The molecule has 0 saturated heterocycles. The summed E-state index contributed by atoms with van der Waals surface area (Å²) in [4.78, 5) is 43.4. The van der Waals surface area contributed by atoms with Crippen LogP contribution in [0, 0.1) is 11.8 Å². The molecule has 1 N–H and O–H groups in total. The fourth-order valence-electron chi connectivity index (χ4n) is 6.71. The van der Waals surface area contributed by atoms with E-state index in [1.165, 1.54) is 0 Å². The van der Waals surface area contributed by atoms with Crippen molar-refractivity contribution >= 4 is 17.8 Å². The highest BCUT2D eigenvalue weighted by molar-refractivity contribution is 5.98. The molecule has 0 radical (unpaired) electrons. The zero-order chi connectivity index (χ0) is 29.4. The number of nitrogens with zero attached hydrogens (tertiary/aromatic N) is 5. The molecule has 3 aromatic rings. The van der Waals surface area contributed by atoms with Gasteiger partial charge in [-0.05, 0) is 56.4 Å². The molecular weight excluding hydrogens is 534 g/mol. The van der Waals surface area contributed by atoms with E-state index >= 15 is 0 Å². The van der Waals surface area contributed by atoms with Gasteiger partial charge in [0.1, 0.15) is 18.1 Å². The number of hydrogen-bond donors (Lipinski definition) is 1. The van der Waals surface area contributed by atoms with Gasteiger partial charge >= 0.3 is 5.97 Å². The third-order valence-electron chi connectivity index (χ3n) is 8.92. The van der Waals surface area contributed by atoms with Crippen molar-refractivity contribution in [2.75, 3.05) is 13.1 Å². The van der Waals surface area contributed by atoms with Crippen molar-refractivity contribution in [1.82, 2.24) is 24.8 Å². The van der Waals surface area contributed by atoms with E-state index in [0.717, 1.165) is 29.5 Å². The number of benzene rings is 2. The Morgan fingerprint density at radius 3 is 2.55 bits per heavy atom. The highest BCUT2D eigenvalue weighted by atomic mass is 16.5. The fourth-order valence-corrected chi connectivity index (χ4v) is 6.71. The number of hydrogen-bond acceptors (Lipinski definition) is 6. The summed E-state index contributed by atoms with van der Waals surface area (Å²) in [6, 6.07) is 13.2. The Morgan fingerprint density at radius 2 is 1.81 bits per heavy atom. The van der Waals surface area contributed by atoms with Crippen LogP contribution in [0.25, 0.3) is 0 Å². The first-order valence-corrected chi connectivity index (χ1v) is 14.9. The number of amides is 2. The van der Waals surface area contributed by atoms with Gasteiger partial charge in [0, 0.05) is 36.8 Å². The molecule has 42 heavy (non-hydrogen) atoms. The molecule has 0 bridgehead atoms. The van der Waals surface area contributed by atoms with Gasteiger partial charge in [0.25, 0.3) is 5.91 Å². The second-order valence-electron chi connectivity index (χ2n) is 11.9. The Morgan fingerprint density at radius 1 is 1.05 bits per heavy atom. The summed E-state index contributed by atoms with van der Waals surface area (Å²) in [6.45, 7) is 5.48. The van der Waals surface area contributed by atoms with Crippen LogP contribution in [0.1, 0.15) is 84.4 Å². The minimum atomic E-state index is -0.911. The lowest BCUT2D eigenvalue weighted by Gasteiger charge is -2.42. The number of aliphatic carboxylic acids is 1. The number of aromatic nitrogens is 3. The van der Waals surface area contributed by atoms with Gasteiger partial charge in [-0.1, -0.05) is 48.4 Å². The number of rotatable bonds is 8. The molecule has 0 unspecified atom stereocenters. The third-order valence-corrected chi connectivity index (χ3v) is 8.92. The molecule has 0 spiro atoms. The van der Waals surface area contributed by atoms with Gasteiger partial charge in [0.2, 0.25) is 5.91 Å². The normalized spacial score (nSPS) is 21.8. The quantitative estimate of drug-likeness (QED) is 0.426. The van der Waals surface area contributed by atoms with E-state index in [-0.39, 0.29) is 24.5 Å². The first-order valence-electron chi connectivity index (χ1n) is 14.9. The van der Waals surface area contributed by atoms with Crippen LogP contribution in [-0.4, -0.2) is 60.8 Å². The molecule has 3 atom stereocenters. The average Bonchev–Trinajstić information content (AvgIpc) is 3.60. The van der Waals surface area contributed by atoms with Gasteiger partial charge in [0.15, 0.2) is 0 Å². The monoisotopic (exact) mass is 571 g/mol. The molecule has 3 heterocycles. The van der Waals surface area contributed by atoms with Gasteiger partial charge in [-0.3, -0.25) is 14.4 Å². The summed E-state index contributed by atoms with van der Waals surface area (Å²) in [7, 11) is 0. The van der Waals surface area contributed by atoms with Crippen molar-refractivity contribution in [1.29, 1.82) is 0 Å². The van der Waals surface area contributed by atoms with Crippen LogP contribution >= 0.6 is 0 Å². The van der Waals surface area contributed by atoms with Crippen molar-refractivity contribution in [3.8, 4) is 5.75 Å². The molecule has 1 saturated carbocycles. The molecule has 1 aromatic heterocycles. The molecule has 3 aliphatic rings. The summed E-state index contributed by atoms with van der Waals surface area (Å²) < 4.78 is 8.13. The summed E-state index contributed by atoms with van der Waals surface area (Å²) in [5, 5.41) is 18.4. The molecule has 10 nitrogen and oxygen atoms in total.